The molecule has 0 fully saturated rings. The van der Waals surface area contributed by atoms with Crippen molar-refractivity contribution in [2.75, 3.05) is 0 Å². The topological polar surface area (TPSA) is 81.4 Å². The minimum absolute atomic E-state index is 0.126. The summed E-state index contributed by atoms with van der Waals surface area (Å²) in [6.45, 7) is 3.75. The normalized spacial score (nSPS) is 15.9. The molecule has 1 N–H and O–H groups in total. The summed E-state index contributed by atoms with van der Waals surface area (Å²) in [5, 5.41) is 17.1. The molecule has 0 unspecified atom stereocenters. The van der Waals surface area contributed by atoms with E-state index >= 15 is 0 Å². The molecule has 5 nitrogen and oxygen atoms in total. The molecular weight excluding hydrogens is 228 g/mol. The second kappa shape index (κ2) is 4.96. The Kier molecular flexibility index (Phi) is 3.38. The first-order valence-corrected chi connectivity index (χ1v) is 5.86. The molecule has 5 heteroatoms. The quantitative estimate of drug-likeness (QED) is 0.601. The molecule has 0 aliphatic heterocycles. The molecule has 1 aliphatic rings. The molecule has 0 atom stereocenters. The van der Waals surface area contributed by atoms with Gasteiger partial charge in [-0.05, 0) is 39.2 Å². The van der Waals surface area contributed by atoms with Crippen LogP contribution in [0.3, 0.4) is 0 Å². The number of aromatic amines is 1. The predicted octanol–water partition coefficient (Wildman–Crippen LogP) is 1.77. The van der Waals surface area contributed by atoms with E-state index in [1.807, 2.05) is 19.9 Å². The summed E-state index contributed by atoms with van der Waals surface area (Å²) in [6, 6.07) is 3.51. The molecule has 92 valence electrons. The zero-order chi connectivity index (χ0) is 13.1. The van der Waals surface area contributed by atoms with Crippen LogP contribution >= 0.6 is 0 Å². The number of fused-ring (bicyclic) bond motifs is 1. The summed E-state index contributed by atoms with van der Waals surface area (Å²) in [6.07, 6.45) is 2.57. The summed E-state index contributed by atoms with van der Waals surface area (Å²) in [7, 11) is 0. The Bertz CT molecular complexity index is 627. The highest BCUT2D eigenvalue weighted by Gasteiger charge is 2.18. The third-order valence-electron chi connectivity index (χ3n) is 2.77. The van der Waals surface area contributed by atoms with Crippen LogP contribution in [0, 0.1) is 11.3 Å². The number of hydrogen-bond acceptors (Lipinski definition) is 4. The first-order chi connectivity index (χ1) is 8.61. The van der Waals surface area contributed by atoms with Crippen molar-refractivity contribution in [1.82, 2.24) is 4.98 Å². The number of nitriles is 1. The first-order valence-electron chi connectivity index (χ1n) is 5.86. The molecule has 0 amide bonds. The average molecular weight is 242 g/mol. The smallest absolute Gasteiger partial charge is 0.266 e. The number of nitrogens with zero attached hydrogens (tertiary/aromatic N) is 3. The minimum Gasteiger partial charge on any atom is -0.324 e. The lowest BCUT2D eigenvalue weighted by molar-refractivity contribution is 0.799. The van der Waals surface area contributed by atoms with Gasteiger partial charge in [0.1, 0.15) is 11.6 Å². The monoisotopic (exact) mass is 242 g/mol. The Morgan fingerprint density at radius 1 is 1.44 bits per heavy atom. The van der Waals surface area contributed by atoms with Crippen molar-refractivity contribution in [2.24, 2.45) is 10.2 Å². The summed E-state index contributed by atoms with van der Waals surface area (Å²) in [5.41, 5.74) is 3.22. The van der Waals surface area contributed by atoms with Crippen molar-refractivity contribution in [3.63, 3.8) is 0 Å². The van der Waals surface area contributed by atoms with Crippen molar-refractivity contribution in [2.45, 2.75) is 33.1 Å². The molecule has 1 aromatic heterocycles. The highest BCUT2D eigenvalue weighted by molar-refractivity contribution is 6.02. The number of rotatable bonds is 1. The number of hydrogen-bond donors (Lipinski definition) is 1. The van der Waals surface area contributed by atoms with E-state index in [0.717, 1.165) is 41.9 Å². The number of aryl methyl sites for hydroxylation is 1. The largest absolute Gasteiger partial charge is 0.324 e. The fraction of sp³-hybridized carbons (Fsp3) is 0.385. The van der Waals surface area contributed by atoms with E-state index < -0.39 is 0 Å². The van der Waals surface area contributed by atoms with Gasteiger partial charge in [-0.1, -0.05) is 0 Å². The van der Waals surface area contributed by atoms with E-state index in [1.165, 1.54) is 0 Å². The lowest BCUT2D eigenvalue weighted by Crippen LogP contribution is -2.21. The van der Waals surface area contributed by atoms with E-state index in [1.54, 1.807) is 6.07 Å². The molecule has 0 saturated carbocycles. The molecule has 18 heavy (non-hydrogen) atoms. The summed E-state index contributed by atoms with van der Waals surface area (Å²) >= 11 is 0. The van der Waals surface area contributed by atoms with Crippen molar-refractivity contribution >= 4 is 11.4 Å². The highest BCUT2D eigenvalue weighted by Crippen LogP contribution is 2.19. The van der Waals surface area contributed by atoms with Gasteiger partial charge in [0.2, 0.25) is 0 Å². The van der Waals surface area contributed by atoms with Gasteiger partial charge in [0.15, 0.2) is 0 Å². The van der Waals surface area contributed by atoms with Crippen LogP contribution in [-0.2, 0) is 6.42 Å². The summed E-state index contributed by atoms with van der Waals surface area (Å²) in [5.74, 6) is 0. The van der Waals surface area contributed by atoms with E-state index in [9.17, 15) is 4.79 Å². The van der Waals surface area contributed by atoms with Crippen LogP contribution in [0.1, 0.15) is 43.5 Å². The molecule has 0 bridgehead atoms. The van der Waals surface area contributed by atoms with Crippen LogP contribution in [0.4, 0.5) is 0 Å². The Morgan fingerprint density at radius 3 is 2.89 bits per heavy atom. The lowest BCUT2D eigenvalue weighted by atomic mass is 9.93. The van der Waals surface area contributed by atoms with Crippen LogP contribution in [0.5, 0.6) is 0 Å². The standard InChI is InChI=1S/C13H14N4O/c1-8(2)16-17-12-5-3-4-11-10(12)6-9(7-14)13(18)15-11/h6H,3-5H2,1-2H3,(H,15,18). The first kappa shape index (κ1) is 12.2. The number of aromatic nitrogens is 1. The molecule has 2 rings (SSSR count). The van der Waals surface area contributed by atoms with Gasteiger partial charge in [0, 0.05) is 17.0 Å². The van der Waals surface area contributed by atoms with Crippen LogP contribution in [0.15, 0.2) is 21.1 Å². The van der Waals surface area contributed by atoms with Crippen LogP contribution in [0.25, 0.3) is 0 Å². The Hall–Kier alpha value is -2.22. The van der Waals surface area contributed by atoms with Crippen LogP contribution < -0.4 is 5.56 Å². The van der Waals surface area contributed by atoms with Gasteiger partial charge in [-0.2, -0.15) is 15.5 Å². The molecule has 1 heterocycles. The van der Waals surface area contributed by atoms with E-state index in [-0.39, 0.29) is 11.1 Å². The lowest BCUT2D eigenvalue weighted by Gasteiger charge is -2.16. The van der Waals surface area contributed by atoms with Crippen molar-refractivity contribution in [3.8, 4) is 6.07 Å². The third-order valence-corrected chi connectivity index (χ3v) is 2.77. The van der Waals surface area contributed by atoms with Gasteiger partial charge in [-0.15, -0.1) is 0 Å². The van der Waals surface area contributed by atoms with Crippen molar-refractivity contribution < 1.29 is 0 Å². The average Bonchev–Trinajstić information content (AvgIpc) is 2.35. The molecule has 1 aliphatic carbocycles. The minimum atomic E-state index is -0.326. The summed E-state index contributed by atoms with van der Waals surface area (Å²) in [4.78, 5) is 14.3. The Balaban J connectivity index is 2.56. The zero-order valence-electron chi connectivity index (χ0n) is 10.4. The Labute approximate surface area is 105 Å². The second-order valence-electron chi connectivity index (χ2n) is 4.46. The molecule has 0 spiro atoms. The molecule has 1 aromatic rings. The van der Waals surface area contributed by atoms with Gasteiger partial charge >= 0.3 is 0 Å². The molecule has 0 radical (unpaired) electrons. The van der Waals surface area contributed by atoms with E-state index in [2.05, 4.69) is 15.2 Å². The Morgan fingerprint density at radius 2 is 2.22 bits per heavy atom. The van der Waals surface area contributed by atoms with Gasteiger partial charge in [0.25, 0.3) is 5.56 Å². The van der Waals surface area contributed by atoms with Gasteiger partial charge < -0.3 is 4.98 Å². The van der Waals surface area contributed by atoms with E-state index in [0.29, 0.717) is 0 Å². The highest BCUT2D eigenvalue weighted by atomic mass is 16.1. The maximum Gasteiger partial charge on any atom is 0.266 e. The van der Waals surface area contributed by atoms with Crippen molar-refractivity contribution in [1.29, 1.82) is 5.26 Å². The molecular formula is C13H14N4O. The maximum atomic E-state index is 11.5. The molecule has 0 saturated heterocycles. The predicted molar refractivity (Wildman–Crippen MR) is 70.0 cm³/mol. The zero-order valence-corrected chi connectivity index (χ0v) is 10.4. The molecule has 0 aromatic carbocycles. The van der Waals surface area contributed by atoms with E-state index in [4.69, 9.17) is 5.26 Å². The number of nitrogens with one attached hydrogen (secondary N) is 1. The second-order valence-corrected chi connectivity index (χ2v) is 4.46. The fourth-order valence-corrected chi connectivity index (χ4v) is 1.94. The van der Waals surface area contributed by atoms with Crippen molar-refractivity contribution in [3.05, 3.63) is 33.2 Å². The van der Waals surface area contributed by atoms with Crippen LogP contribution in [0.2, 0.25) is 0 Å². The van der Waals surface area contributed by atoms with Gasteiger partial charge in [0.05, 0.1) is 5.71 Å². The fourth-order valence-electron chi connectivity index (χ4n) is 1.94. The SMILES string of the molecule is CC(C)=NN=C1CCCc2[nH]c(=O)c(C#N)cc21. The number of H-pyrrole nitrogens is 1. The van der Waals surface area contributed by atoms with Gasteiger partial charge in [-0.3, -0.25) is 4.79 Å². The third kappa shape index (κ3) is 2.38. The van der Waals surface area contributed by atoms with Crippen LogP contribution in [-0.4, -0.2) is 16.4 Å². The number of pyridine rings is 1. The maximum absolute atomic E-state index is 11.5. The van der Waals surface area contributed by atoms with Gasteiger partial charge in [-0.25, -0.2) is 0 Å². The summed E-state index contributed by atoms with van der Waals surface area (Å²) < 4.78 is 0.